The molecule has 0 saturated heterocycles. The Kier molecular flexibility index (Phi) is 5.52. The maximum Gasteiger partial charge on any atom is 0.271 e. The average Bonchev–Trinajstić information content (AvgIpc) is 3.19. The number of nitro benzene ring substituents is 1. The second-order valence-corrected chi connectivity index (χ2v) is 8.54. The number of nitrogens with one attached hydrogen (secondary N) is 1. The van der Waals surface area contributed by atoms with Crippen LogP contribution in [0.25, 0.3) is 10.9 Å². The van der Waals surface area contributed by atoms with Crippen LogP contribution in [0.2, 0.25) is 0 Å². The number of hydrazone groups is 1. The van der Waals surface area contributed by atoms with Crippen LogP contribution in [0, 0.1) is 10.1 Å². The smallest absolute Gasteiger partial charge is 0.267 e. The van der Waals surface area contributed by atoms with Crippen molar-refractivity contribution >= 4 is 38.7 Å². The largest absolute Gasteiger partial charge is 0.271 e. The Morgan fingerprint density at radius 2 is 1.72 bits per heavy atom. The molecule has 0 aliphatic rings. The SMILES string of the molecule is O=C(N/N=C/c1cn(S(=O)(=O)c2cccc([N+](=O)[O-])c2)c2ccccc12)c1ccccc1. The molecule has 9 nitrogen and oxygen atoms in total. The number of hydrogen-bond donors (Lipinski definition) is 1. The van der Waals surface area contributed by atoms with E-state index in [-0.39, 0.29) is 10.6 Å². The second-order valence-electron chi connectivity index (χ2n) is 6.72. The minimum absolute atomic E-state index is 0.215. The number of hydrogen-bond acceptors (Lipinski definition) is 6. The number of fused-ring (bicyclic) bond motifs is 1. The lowest BCUT2D eigenvalue weighted by atomic mass is 10.2. The maximum absolute atomic E-state index is 13.2. The summed E-state index contributed by atoms with van der Waals surface area (Å²) < 4.78 is 27.5. The van der Waals surface area contributed by atoms with Crippen molar-refractivity contribution in [3.05, 3.63) is 106 Å². The van der Waals surface area contributed by atoms with E-state index in [1.165, 1.54) is 30.6 Å². The summed E-state index contributed by atoms with van der Waals surface area (Å²) in [5, 5.41) is 15.6. The van der Waals surface area contributed by atoms with E-state index in [2.05, 4.69) is 10.5 Å². The van der Waals surface area contributed by atoms with Gasteiger partial charge in [0.2, 0.25) is 0 Å². The Labute approximate surface area is 182 Å². The van der Waals surface area contributed by atoms with Gasteiger partial charge in [0.05, 0.1) is 21.6 Å². The molecule has 4 rings (SSSR count). The topological polar surface area (TPSA) is 124 Å². The predicted octanol–water partition coefficient (Wildman–Crippen LogP) is 3.55. The van der Waals surface area contributed by atoms with Crippen molar-refractivity contribution in [3.63, 3.8) is 0 Å². The van der Waals surface area contributed by atoms with Gasteiger partial charge < -0.3 is 0 Å². The number of carbonyl (C=O) groups excluding carboxylic acids is 1. The van der Waals surface area contributed by atoms with Crippen LogP contribution in [0.3, 0.4) is 0 Å². The zero-order valence-electron chi connectivity index (χ0n) is 16.5. The van der Waals surface area contributed by atoms with Gasteiger partial charge in [0.1, 0.15) is 0 Å². The number of rotatable bonds is 6. The molecule has 4 aromatic rings. The molecule has 1 aromatic heterocycles. The summed E-state index contributed by atoms with van der Waals surface area (Å²) in [6.45, 7) is 0. The van der Waals surface area contributed by atoms with Gasteiger partial charge in [0, 0.05) is 34.8 Å². The van der Waals surface area contributed by atoms with Crippen LogP contribution in [-0.2, 0) is 10.0 Å². The highest BCUT2D eigenvalue weighted by atomic mass is 32.2. The highest BCUT2D eigenvalue weighted by molar-refractivity contribution is 7.90. The fraction of sp³-hybridized carbons (Fsp3) is 0. The summed E-state index contributed by atoms with van der Waals surface area (Å²) >= 11 is 0. The number of carbonyl (C=O) groups is 1. The fourth-order valence-corrected chi connectivity index (χ4v) is 4.58. The number of non-ortho nitro benzene ring substituents is 1. The first-order valence-corrected chi connectivity index (χ1v) is 10.8. The summed E-state index contributed by atoms with van der Waals surface area (Å²) in [6.07, 6.45) is 2.71. The van der Waals surface area contributed by atoms with Crippen molar-refractivity contribution in [2.24, 2.45) is 5.10 Å². The molecule has 0 aliphatic carbocycles. The Morgan fingerprint density at radius 3 is 2.47 bits per heavy atom. The van der Waals surface area contributed by atoms with Crippen LogP contribution in [-0.4, -0.2) is 29.4 Å². The molecule has 3 aromatic carbocycles. The van der Waals surface area contributed by atoms with Crippen molar-refractivity contribution < 1.29 is 18.1 Å². The summed E-state index contributed by atoms with van der Waals surface area (Å²) in [5.74, 6) is -0.408. The number of para-hydroxylation sites is 1. The Morgan fingerprint density at radius 1 is 1.00 bits per heavy atom. The Balaban J connectivity index is 1.71. The maximum atomic E-state index is 13.2. The van der Waals surface area contributed by atoms with Crippen molar-refractivity contribution in [2.75, 3.05) is 0 Å². The van der Waals surface area contributed by atoms with Gasteiger partial charge in [-0.1, -0.05) is 42.5 Å². The van der Waals surface area contributed by atoms with E-state index in [1.807, 2.05) is 0 Å². The highest BCUT2D eigenvalue weighted by Crippen LogP contribution is 2.26. The number of amides is 1. The van der Waals surface area contributed by atoms with E-state index in [9.17, 15) is 23.3 Å². The molecular formula is C22H16N4O5S. The summed E-state index contributed by atoms with van der Waals surface area (Å²) in [5.41, 5.74) is 3.33. The van der Waals surface area contributed by atoms with Gasteiger partial charge in [0.15, 0.2) is 0 Å². The van der Waals surface area contributed by atoms with Gasteiger partial charge >= 0.3 is 0 Å². The number of aromatic nitrogens is 1. The minimum atomic E-state index is -4.12. The van der Waals surface area contributed by atoms with Gasteiger partial charge in [-0.3, -0.25) is 14.9 Å². The van der Waals surface area contributed by atoms with E-state index in [1.54, 1.807) is 54.6 Å². The lowest BCUT2D eigenvalue weighted by molar-refractivity contribution is -0.385. The van der Waals surface area contributed by atoms with Gasteiger partial charge in [-0.2, -0.15) is 5.10 Å². The molecule has 0 spiro atoms. The summed E-state index contributed by atoms with van der Waals surface area (Å²) in [7, 11) is -4.12. The molecule has 1 heterocycles. The number of benzene rings is 3. The van der Waals surface area contributed by atoms with Gasteiger partial charge in [-0.05, 0) is 24.3 Å². The Hall–Kier alpha value is -4.31. The normalized spacial score (nSPS) is 11.6. The number of nitro groups is 1. The van der Waals surface area contributed by atoms with E-state index >= 15 is 0 Å². The standard InChI is InChI=1S/C22H16N4O5S/c27-22(16-7-2-1-3-8-16)24-23-14-17-15-25(21-12-5-4-11-20(17)21)32(30,31)19-10-6-9-18(13-19)26(28)29/h1-15H,(H,24,27)/b23-14+. The Bertz CT molecular complexity index is 1460. The monoisotopic (exact) mass is 448 g/mol. The molecule has 1 amide bonds. The third kappa shape index (κ3) is 3.98. The molecule has 1 N–H and O–H groups in total. The van der Waals surface area contributed by atoms with Gasteiger partial charge in [0.25, 0.3) is 21.6 Å². The average molecular weight is 448 g/mol. The first-order chi connectivity index (χ1) is 15.4. The zero-order valence-corrected chi connectivity index (χ0v) is 17.3. The molecular weight excluding hydrogens is 432 g/mol. The van der Waals surface area contributed by atoms with Crippen LogP contribution in [0.1, 0.15) is 15.9 Å². The van der Waals surface area contributed by atoms with E-state index in [0.29, 0.717) is 22.0 Å². The quantitative estimate of drug-likeness (QED) is 0.274. The number of nitrogens with zero attached hydrogens (tertiary/aromatic N) is 3. The van der Waals surface area contributed by atoms with Crippen LogP contribution in [0.4, 0.5) is 5.69 Å². The second kappa shape index (κ2) is 8.44. The molecule has 10 heteroatoms. The summed E-state index contributed by atoms with van der Waals surface area (Å²) in [4.78, 5) is 22.3. The molecule has 0 bridgehead atoms. The molecule has 0 saturated carbocycles. The first-order valence-electron chi connectivity index (χ1n) is 9.36. The molecule has 0 atom stereocenters. The third-order valence-electron chi connectivity index (χ3n) is 4.70. The lowest BCUT2D eigenvalue weighted by Gasteiger charge is -2.07. The van der Waals surface area contributed by atoms with E-state index < -0.39 is 20.9 Å². The van der Waals surface area contributed by atoms with Crippen LogP contribution in [0.5, 0.6) is 0 Å². The van der Waals surface area contributed by atoms with Crippen molar-refractivity contribution in [3.8, 4) is 0 Å². The first kappa shape index (κ1) is 20.9. The molecule has 0 unspecified atom stereocenters. The minimum Gasteiger partial charge on any atom is -0.267 e. The van der Waals surface area contributed by atoms with Crippen LogP contribution < -0.4 is 5.43 Å². The molecule has 32 heavy (non-hydrogen) atoms. The molecule has 0 radical (unpaired) electrons. The zero-order chi connectivity index (χ0) is 22.7. The van der Waals surface area contributed by atoms with Crippen molar-refractivity contribution in [1.82, 2.24) is 9.40 Å². The molecule has 160 valence electrons. The third-order valence-corrected chi connectivity index (χ3v) is 6.37. The predicted molar refractivity (Wildman–Crippen MR) is 119 cm³/mol. The van der Waals surface area contributed by atoms with Crippen molar-refractivity contribution in [2.45, 2.75) is 4.90 Å². The molecule has 0 fully saturated rings. The van der Waals surface area contributed by atoms with Crippen molar-refractivity contribution in [1.29, 1.82) is 0 Å². The van der Waals surface area contributed by atoms with Gasteiger partial charge in [-0.15, -0.1) is 0 Å². The highest BCUT2D eigenvalue weighted by Gasteiger charge is 2.22. The van der Waals surface area contributed by atoms with Crippen LogP contribution in [0.15, 0.2) is 95.1 Å². The molecule has 0 aliphatic heterocycles. The summed E-state index contributed by atoms with van der Waals surface area (Å²) in [6, 6.07) is 20.1. The van der Waals surface area contributed by atoms with Gasteiger partial charge in [-0.25, -0.2) is 17.8 Å². The van der Waals surface area contributed by atoms with E-state index in [4.69, 9.17) is 0 Å². The van der Waals surface area contributed by atoms with Crippen LogP contribution >= 0.6 is 0 Å². The van der Waals surface area contributed by atoms with E-state index in [0.717, 1.165) is 10.0 Å². The fourth-order valence-electron chi connectivity index (χ4n) is 3.16. The lowest BCUT2D eigenvalue weighted by Crippen LogP contribution is -2.17.